The summed E-state index contributed by atoms with van der Waals surface area (Å²) in [4.78, 5) is 14.4. The maximum Gasteiger partial charge on any atom is 0.410 e. The van der Waals surface area contributed by atoms with Crippen LogP contribution in [0.2, 0.25) is 5.02 Å². The third kappa shape index (κ3) is 6.23. The van der Waals surface area contributed by atoms with E-state index in [1.165, 1.54) is 12.1 Å². The highest BCUT2D eigenvalue weighted by molar-refractivity contribution is 6.31. The van der Waals surface area contributed by atoms with Gasteiger partial charge in [0.15, 0.2) is 0 Å². The second kappa shape index (κ2) is 10.7. The molecule has 0 aliphatic carbocycles. The quantitative estimate of drug-likeness (QED) is 0.371. The summed E-state index contributed by atoms with van der Waals surface area (Å²) in [6.45, 7) is 9.02. The average Bonchev–Trinajstić information content (AvgIpc) is 3.24. The van der Waals surface area contributed by atoms with Gasteiger partial charge in [0.25, 0.3) is 0 Å². The number of amides is 1. The first-order chi connectivity index (χ1) is 17.5. The standard InChI is InChI=1S/C28H32ClFN4O3/c1-19(24-16-22(29)15-20-17-34(14-11-31)32-25(20)24)36-18-28(21-5-7-23(30)8-6-21)9-12-33(13-10-28)26(35)37-27(2,3)4/h5-8,15-17,19H,9-10,12-14,18H2,1-4H3/t19-/m1/s1. The summed E-state index contributed by atoms with van der Waals surface area (Å²) >= 11 is 6.39. The van der Waals surface area contributed by atoms with E-state index in [1.54, 1.807) is 27.9 Å². The van der Waals surface area contributed by atoms with E-state index in [0.717, 1.165) is 22.0 Å². The number of nitriles is 1. The molecular formula is C28H32ClFN4O3. The maximum absolute atomic E-state index is 13.7. The molecule has 7 nitrogen and oxygen atoms in total. The smallest absolute Gasteiger partial charge is 0.410 e. The molecule has 0 radical (unpaired) electrons. The van der Waals surface area contributed by atoms with Crippen LogP contribution >= 0.6 is 11.6 Å². The summed E-state index contributed by atoms with van der Waals surface area (Å²) in [6.07, 6.45) is 2.42. The first-order valence-corrected chi connectivity index (χ1v) is 12.8. The molecular weight excluding hydrogens is 495 g/mol. The number of carbonyl (C=O) groups is 1. The van der Waals surface area contributed by atoms with E-state index in [1.807, 2.05) is 39.8 Å². The lowest BCUT2D eigenvalue weighted by Crippen LogP contribution is -2.48. The van der Waals surface area contributed by atoms with Gasteiger partial charge in [-0.1, -0.05) is 23.7 Å². The van der Waals surface area contributed by atoms with Crippen LogP contribution in [0.5, 0.6) is 0 Å². The van der Waals surface area contributed by atoms with Crippen molar-refractivity contribution in [1.29, 1.82) is 5.26 Å². The molecule has 1 aliphatic rings. The van der Waals surface area contributed by atoms with Crippen LogP contribution in [-0.2, 0) is 21.4 Å². The number of aromatic nitrogens is 2. The fraction of sp³-hybridized carbons (Fsp3) is 0.464. The molecule has 9 heteroatoms. The number of benzene rings is 2. The second-order valence-electron chi connectivity index (χ2n) is 10.6. The Morgan fingerprint density at radius 2 is 1.92 bits per heavy atom. The van der Waals surface area contributed by atoms with Gasteiger partial charge in [0.05, 0.1) is 24.3 Å². The molecule has 2 aromatic carbocycles. The predicted molar refractivity (Wildman–Crippen MR) is 140 cm³/mol. The van der Waals surface area contributed by atoms with Crippen LogP contribution in [0.25, 0.3) is 10.9 Å². The summed E-state index contributed by atoms with van der Waals surface area (Å²) in [6, 6.07) is 12.3. The average molecular weight is 527 g/mol. The van der Waals surface area contributed by atoms with Crippen molar-refractivity contribution in [2.75, 3.05) is 19.7 Å². The van der Waals surface area contributed by atoms with E-state index in [2.05, 4.69) is 11.2 Å². The van der Waals surface area contributed by atoms with Gasteiger partial charge in [-0.05, 0) is 70.4 Å². The number of ether oxygens (including phenoxy) is 2. The van der Waals surface area contributed by atoms with E-state index in [0.29, 0.717) is 37.6 Å². The molecule has 37 heavy (non-hydrogen) atoms. The molecule has 2 heterocycles. The minimum Gasteiger partial charge on any atom is -0.444 e. The Balaban J connectivity index is 1.56. The number of piperidine rings is 1. The molecule has 0 N–H and O–H groups in total. The molecule has 1 aliphatic heterocycles. The lowest BCUT2D eigenvalue weighted by molar-refractivity contribution is -0.00934. The largest absolute Gasteiger partial charge is 0.444 e. The number of likely N-dealkylation sites (tertiary alicyclic amines) is 1. The zero-order chi connectivity index (χ0) is 26.8. The topological polar surface area (TPSA) is 80.4 Å². The second-order valence-corrected chi connectivity index (χ2v) is 11.1. The highest BCUT2D eigenvalue weighted by Crippen LogP contribution is 2.39. The summed E-state index contributed by atoms with van der Waals surface area (Å²) < 4.78 is 27.3. The molecule has 1 fully saturated rings. The number of hydrogen-bond acceptors (Lipinski definition) is 5. The Kier molecular flexibility index (Phi) is 7.77. The Morgan fingerprint density at radius 1 is 1.24 bits per heavy atom. The van der Waals surface area contributed by atoms with Crippen LogP contribution in [0, 0.1) is 17.1 Å². The molecule has 3 aromatic rings. The van der Waals surface area contributed by atoms with Gasteiger partial charge in [0.1, 0.15) is 18.0 Å². The molecule has 1 aromatic heterocycles. The Bertz CT molecular complexity index is 1300. The van der Waals surface area contributed by atoms with Crippen molar-refractivity contribution in [2.24, 2.45) is 0 Å². The van der Waals surface area contributed by atoms with Crippen LogP contribution < -0.4 is 0 Å². The normalized spacial score (nSPS) is 16.4. The van der Waals surface area contributed by atoms with Gasteiger partial charge in [0.2, 0.25) is 0 Å². The van der Waals surface area contributed by atoms with Crippen molar-refractivity contribution < 1.29 is 18.7 Å². The lowest BCUT2D eigenvalue weighted by Gasteiger charge is -2.42. The zero-order valence-electron chi connectivity index (χ0n) is 21.6. The van der Waals surface area contributed by atoms with E-state index < -0.39 is 11.0 Å². The number of halogens is 2. The van der Waals surface area contributed by atoms with Crippen molar-refractivity contribution in [3.05, 3.63) is 64.6 Å². The molecule has 0 saturated carbocycles. The summed E-state index contributed by atoms with van der Waals surface area (Å²) in [5.74, 6) is -0.298. The summed E-state index contributed by atoms with van der Waals surface area (Å²) in [7, 11) is 0. The zero-order valence-corrected chi connectivity index (χ0v) is 22.4. The van der Waals surface area contributed by atoms with E-state index >= 15 is 0 Å². The summed E-state index contributed by atoms with van der Waals surface area (Å²) in [5.41, 5.74) is 1.57. The molecule has 0 unspecified atom stereocenters. The van der Waals surface area contributed by atoms with Gasteiger partial charge in [-0.25, -0.2) is 9.18 Å². The highest BCUT2D eigenvalue weighted by Gasteiger charge is 2.39. The number of rotatable bonds is 6. The minimum absolute atomic E-state index is 0.142. The Morgan fingerprint density at radius 3 is 2.54 bits per heavy atom. The van der Waals surface area contributed by atoms with E-state index in [9.17, 15) is 9.18 Å². The molecule has 0 bridgehead atoms. The monoisotopic (exact) mass is 526 g/mol. The third-order valence-electron chi connectivity index (χ3n) is 6.76. The van der Waals surface area contributed by atoms with Gasteiger partial charge < -0.3 is 14.4 Å². The van der Waals surface area contributed by atoms with Crippen molar-refractivity contribution in [3.63, 3.8) is 0 Å². The third-order valence-corrected chi connectivity index (χ3v) is 6.98. The van der Waals surface area contributed by atoms with Gasteiger partial charge in [-0.2, -0.15) is 10.4 Å². The van der Waals surface area contributed by atoms with E-state index in [-0.39, 0.29) is 24.6 Å². The Labute approximate surface area is 221 Å². The molecule has 0 spiro atoms. The molecule has 4 rings (SSSR count). The molecule has 1 saturated heterocycles. The maximum atomic E-state index is 13.7. The number of nitrogens with zero attached hydrogens (tertiary/aromatic N) is 4. The van der Waals surface area contributed by atoms with Crippen LogP contribution in [0.3, 0.4) is 0 Å². The van der Waals surface area contributed by atoms with Crippen molar-refractivity contribution >= 4 is 28.6 Å². The lowest BCUT2D eigenvalue weighted by atomic mass is 9.73. The van der Waals surface area contributed by atoms with Crippen molar-refractivity contribution in [3.8, 4) is 6.07 Å². The highest BCUT2D eigenvalue weighted by atomic mass is 35.5. The fourth-order valence-electron chi connectivity index (χ4n) is 4.78. The molecule has 1 atom stereocenters. The number of hydrogen-bond donors (Lipinski definition) is 0. The van der Waals surface area contributed by atoms with Crippen LogP contribution in [0.1, 0.15) is 57.8 Å². The van der Waals surface area contributed by atoms with Crippen LogP contribution in [0.4, 0.5) is 9.18 Å². The van der Waals surface area contributed by atoms with Crippen molar-refractivity contribution in [1.82, 2.24) is 14.7 Å². The molecule has 1 amide bonds. The predicted octanol–water partition coefficient (Wildman–Crippen LogP) is 6.40. The van der Waals surface area contributed by atoms with Gasteiger partial charge in [-0.3, -0.25) is 4.68 Å². The fourth-order valence-corrected chi connectivity index (χ4v) is 5.01. The minimum atomic E-state index is -0.566. The van der Waals surface area contributed by atoms with Gasteiger partial charge in [0, 0.05) is 40.7 Å². The number of carbonyl (C=O) groups excluding carboxylic acids is 1. The summed E-state index contributed by atoms with van der Waals surface area (Å²) in [5, 5.41) is 15.0. The van der Waals surface area contributed by atoms with Crippen LogP contribution in [0.15, 0.2) is 42.6 Å². The molecule has 196 valence electrons. The van der Waals surface area contributed by atoms with E-state index in [4.69, 9.17) is 26.3 Å². The van der Waals surface area contributed by atoms with Gasteiger partial charge in [-0.15, -0.1) is 0 Å². The van der Waals surface area contributed by atoms with Crippen molar-refractivity contribution in [2.45, 2.75) is 64.2 Å². The Hall–Kier alpha value is -3.15. The number of fused-ring (bicyclic) bond motifs is 1. The SMILES string of the molecule is C[C@@H](OCC1(c2ccc(F)cc2)CCN(C(=O)OC(C)(C)C)CC1)c1cc(Cl)cc2cn(CC#N)nc12. The van der Waals surface area contributed by atoms with Crippen LogP contribution in [-0.4, -0.2) is 46.1 Å². The first-order valence-electron chi connectivity index (χ1n) is 12.4. The first kappa shape index (κ1) is 26.9. The van der Waals surface area contributed by atoms with Gasteiger partial charge >= 0.3 is 6.09 Å².